The lowest BCUT2D eigenvalue weighted by Gasteiger charge is -2.45. The molecule has 2 fully saturated rings. The van der Waals surface area contributed by atoms with Gasteiger partial charge in [-0.3, -0.25) is 4.79 Å². The van der Waals surface area contributed by atoms with Crippen LogP contribution < -0.4 is 5.73 Å². The van der Waals surface area contributed by atoms with Crippen LogP contribution in [-0.2, 0) is 14.3 Å². The number of primary amides is 1. The molecule has 9 atom stereocenters. The van der Waals surface area contributed by atoms with Gasteiger partial charge in [-0.1, -0.05) is 45.9 Å². The number of aliphatic hydroxyl groups is 2. The third-order valence-electron chi connectivity index (χ3n) is 6.60. The molecule has 4 N–H and O–H groups in total. The Balaban J connectivity index is 2.00. The van der Waals surface area contributed by atoms with Crippen molar-refractivity contribution in [3.63, 3.8) is 0 Å². The van der Waals surface area contributed by atoms with Gasteiger partial charge >= 0.3 is 0 Å². The van der Waals surface area contributed by atoms with Gasteiger partial charge < -0.3 is 25.4 Å². The quantitative estimate of drug-likeness (QED) is 0.433. The van der Waals surface area contributed by atoms with Gasteiger partial charge in [0, 0.05) is 35.7 Å². The zero-order chi connectivity index (χ0) is 21.2. The smallest absolute Gasteiger partial charge is 0.244 e. The topological polar surface area (TPSA) is 102 Å². The molecule has 2 aliphatic rings. The Bertz CT molecular complexity index is 618. The highest BCUT2D eigenvalue weighted by Crippen LogP contribution is 2.45. The van der Waals surface area contributed by atoms with Crippen LogP contribution in [0.1, 0.15) is 54.4 Å². The van der Waals surface area contributed by atoms with E-state index < -0.39 is 23.9 Å². The maximum atomic E-state index is 11.0. The second-order valence-corrected chi connectivity index (χ2v) is 8.93. The number of ether oxygens (including phenoxy) is 2. The molecule has 0 aromatic rings. The monoisotopic (exact) mass is 395 g/mol. The first-order chi connectivity index (χ1) is 13.0. The van der Waals surface area contributed by atoms with Crippen LogP contribution in [0.2, 0.25) is 0 Å². The predicted molar refractivity (Wildman–Crippen MR) is 108 cm³/mol. The number of hydrogen-bond acceptors (Lipinski definition) is 5. The second-order valence-electron chi connectivity index (χ2n) is 8.93. The molecule has 6 heteroatoms. The summed E-state index contributed by atoms with van der Waals surface area (Å²) in [6, 6.07) is 0. The van der Waals surface area contributed by atoms with Crippen LogP contribution in [0, 0.1) is 23.7 Å². The van der Waals surface area contributed by atoms with Crippen molar-refractivity contribution in [1.82, 2.24) is 0 Å². The fourth-order valence-corrected chi connectivity index (χ4v) is 4.42. The highest BCUT2D eigenvalue weighted by atomic mass is 16.7. The van der Waals surface area contributed by atoms with Crippen LogP contribution in [0.4, 0.5) is 0 Å². The number of aliphatic hydroxyl groups excluding tert-OH is 2. The molecule has 2 bridgehead atoms. The van der Waals surface area contributed by atoms with E-state index in [2.05, 4.69) is 6.92 Å². The Morgan fingerprint density at radius 3 is 2.46 bits per heavy atom. The van der Waals surface area contributed by atoms with Crippen molar-refractivity contribution in [2.24, 2.45) is 29.4 Å². The fraction of sp³-hybridized carbons (Fsp3) is 0.773. The van der Waals surface area contributed by atoms with Crippen LogP contribution in [0.25, 0.3) is 0 Å². The average Bonchev–Trinajstić information content (AvgIpc) is 2.99. The first-order valence-electron chi connectivity index (χ1n) is 10.3. The van der Waals surface area contributed by atoms with Crippen LogP contribution >= 0.6 is 0 Å². The number of nitrogens with two attached hydrogens (primary N) is 1. The Labute approximate surface area is 168 Å². The van der Waals surface area contributed by atoms with E-state index in [1.54, 1.807) is 19.1 Å². The number of fused-ring (bicyclic) bond motifs is 2. The first kappa shape index (κ1) is 23.1. The minimum absolute atomic E-state index is 0.108. The van der Waals surface area contributed by atoms with Gasteiger partial charge in [-0.05, 0) is 20.3 Å². The fourth-order valence-electron chi connectivity index (χ4n) is 4.42. The van der Waals surface area contributed by atoms with Crippen molar-refractivity contribution in [1.29, 1.82) is 0 Å². The van der Waals surface area contributed by atoms with E-state index in [1.165, 1.54) is 0 Å². The molecule has 2 rings (SSSR count). The van der Waals surface area contributed by atoms with Gasteiger partial charge in [0.1, 0.15) is 0 Å². The Morgan fingerprint density at radius 2 is 1.86 bits per heavy atom. The van der Waals surface area contributed by atoms with E-state index >= 15 is 0 Å². The predicted octanol–water partition coefficient (Wildman–Crippen LogP) is 2.53. The van der Waals surface area contributed by atoms with Crippen molar-refractivity contribution < 1.29 is 24.5 Å². The Morgan fingerprint density at radius 1 is 1.21 bits per heavy atom. The highest BCUT2D eigenvalue weighted by Gasteiger charge is 2.51. The number of carbonyl (C=O) groups excluding carboxylic acids is 1. The minimum Gasteiger partial charge on any atom is -0.392 e. The Kier molecular flexibility index (Phi) is 7.48. The summed E-state index contributed by atoms with van der Waals surface area (Å²) >= 11 is 0. The van der Waals surface area contributed by atoms with Crippen LogP contribution in [0.3, 0.4) is 0 Å². The standard InChI is InChI=1S/C22H37NO5/c1-12(8-7-9-13(2)21(23)26)18(24)15(4)19(25)16(5)20-14(3)17-10-11-22(6,27-17)28-20/h7-9,12,14-20,24-25H,10-11H2,1-6H3,(H2,23,26)/b8-7+,13-9-/t12-,14+,15-,16+,17-,18-,19+,20+,22+/m0/s1. The molecular formula is C22H37NO5. The van der Waals surface area contributed by atoms with Crippen molar-refractivity contribution in [3.8, 4) is 0 Å². The SMILES string of the molecule is C/C(=C/C=C/[C@H](C)[C@H](O)[C@H](C)[C@@H](O)[C@@H](C)[C@@H]1O[C@]2(C)CC[C@H](O2)[C@H]1C)C(N)=O. The van der Waals surface area contributed by atoms with E-state index in [0.717, 1.165) is 12.8 Å². The molecule has 0 aromatic heterocycles. The number of hydrogen-bond donors (Lipinski definition) is 3. The molecule has 2 aliphatic heterocycles. The molecule has 2 saturated heterocycles. The zero-order valence-electron chi connectivity index (χ0n) is 18.0. The maximum absolute atomic E-state index is 11.0. The first-order valence-corrected chi connectivity index (χ1v) is 10.3. The molecule has 2 heterocycles. The molecule has 0 spiro atoms. The highest BCUT2D eigenvalue weighted by molar-refractivity contribution is 5.91. The normalized spacial score (nSPS) is 36.1. The van der Waals surface area contributed by atoms with Crippen LogP contribution in [0.15, 0.2) is 23.8 Å². The molecule has 0 aromatic carbocycles. The molecule has 0 saturated carbocycles. The molecule has 1 amide bonds. The van der Waals surface area contributed by atoms with E-state index in [-0.39, 0.29) is 35.9 Å². The summed E-state index contributed by atoms with van der Waals surface area (Å²) in [6.07, 6.45) is 5.65. The molecule has 0 radical (unpaired) electrons. The third-order valence-corrected chi connectivity index (χ3v) is 6.60. The van der Waals surface area contributed by atoms with E-state index in [0.29, 0.717) is 5.57 Å². The number of carbonyl (C=O) groups is 1. The number of rotatable bonds is 8. The number of amides is 1. The van der Waals surface area contributed by atoms with Crippen molar-refractivity contribution in [2.75, 3.05) is 0 Å². The lowest BCUT2D eigenvalue weighted by molar-refractivity contribution is -0.309. The van der Waals surface area contributed by atoms with Crippen LogP contribution in [-0.4, -0.2) is 46.3 Å². The molecule has 0 aliphatic carbocycles. The van der Waals surface area contributed by atoms with Gasteiger partial charge in [-0.2, -0.15) is 0 Å². The number of allylic oxidation sites excluding steroid dienone is 2. The minimum atomic E-state index is -0.724. The lowest BCUT2D eigenvalue weighted by atomic mass is 9.78. The maximum Gasteiger partial charge on any atom is 0.244 e. The summed E-state index contributed by atoms with van der Waals surface area (Å²) in [4.78, 5) is 11.0. The summed E-state index contributed by atoms with van der Waals surface area (Å²) < 4.78 is 12.2. The summed E-state index contributed by atoms with van der Waals surface area (Å²) in [5.41, 5.74) is 5.66. The molecule has 160 valence electrons. The van der Waals surface area contributed by atoms with Gasteiger partial charge in [0.05, 0.1) is 24.4 Å². The molecule has 6 nitrogen and oxygen atoms in total. The van der Waals surface area contributed by atoms with Crippen molar-refractivity contribution >= 4 is 5.91 Å². The van der Waals surface area contributed by atoms with Crippen molar-refractivity contribution in [2.45, 2.75) is 84.6 Å². The van der Waals surface area contributed by atoms with Gasteiger partial charge in [0.2, 0.25) is 5.91 Å². The summed E-state index contributed by atoms with van der Waals surface area (Å²) in [5, 5.41) is 21.7. The van der Waals surface area contributed by atoms with Gasteiger partial charge in [0.15, 0.2) is 5.79 Å². The van der Waals surface area contributed by atoms with E-state index in [4.69, 9.17) is 15.2 Å². The lowest BCUT2D eigenvalue weighted by Crippen LogP contribution is -2.52. The molecular weight excluding hydrogens is 358 g/mol. The average molecular weight is 396 g/mol. The summed E-state index contributed by atoms with van der Waals surface area (Å²) in [6.45, 7) is 11.5. The van der Waals surface area contributed by atoms with E-state index in [9.17, 15) is 15.0 Å². The van der Waals surface area contributed by atoms with Gasteiger partial charge in [-0.15, -0.1) is 0 Å². The summed E-state index contributed by atoms with van der Waals surface area (Å²) in [5.74, 6) is -1.47. The van der Waals surface area contributed by atoms with Crippen LogP contribution in [0.5, 0.6) is 0 Å². The largest absolute Gasteiger partial charge is 0.392 e. The van der Waals surface area contributed by atoms with Crippen molar-refractivity contribution in [3.05, 3.63) is 23.8 Å². The molecule has 28 heavy (non-hydrogen) atoms. The zero-order valence-corrected chi connectivity index (χ0v) is 18.0. The molecule has 0 unspecified atom stereocenters. The van der Waals surface area contributed by atoms with E-state index in [1.807, 2.05) is 33.8 Å². The van der Waals surface area contributed by atoms with Gasteiger partial charge in [-0.25, -0.2) is 0 Å². The van der Waals surface area contributed by atoms with Gasteiger partial charge in [0.25, 0.3) is 0 Å². The second kappa shape index (κ2) is 9.08. The Hall–Kier alpha value is -1.21. The summed E-state index contributed by atoms with van der Waals surface area (Å²) in [7, 11) is 0. The third kappa shape index (κ3) is 5.03.